The van der Waals surface area contributed by atoms with Gasteiger partial charge in [-0.2, -0.15) is 5.10 Å². The summed E-state index contributed by atoms with van der Waals surface area (Å²) in [4.78, 5) is 38.4. The molecule has 0 fully saturated rings. The van der Waals surface area contributed by atoms with Crippen LogP contribution in [0.2, 0.25) is 0 Å². The van der Waals surface area contributed by atoms with Crippen molar-refractivity contribution in [3.05, 3.63) is 128 Å². The third-order valence-electron chi connectivity index (χ3n) is 4.91. The number of hydrazone groups is 1. The zero-order chi connectivity index (χ0) is 26.0. The van der Waals surface area contributed by atoms with Crippen LogP contribution in [0.4, 0.5) is 0 Å². The van der Waals surface area contributed by atoms with Gasteiger partial charge in [0.2, 0.25) is 0 Å². The number of rotatable bonds is 8. The number of esters is 1. The normalized spacial score (nSPS) is 11.2. The van der Waals surface area contributed by atoms with Crippen LogP contribution in [0, 0.1) is 0 Å². The number of halogens is 1. The smallest absolute Gasteiger partial charge is 0.343 e. The number of nitrogens with zero attached hydrogens (tertiary/aromatic N) is 1. The zero-order valence-electron chi connectivity index (χ0n) is 19.3. The van der Waals surface area contributed by atoms with Gasteiger partial charge >= 0.3 is 5.97 Å². The van der Waals surface area contributed by atoms with Crippen LogP contribution in [0.25, 0.3) is 6.08 Å². The van der Waals surface area contributed by atoms with Crippen LogP contribution in [0.3, 0.4) is 0 Å². The van der Waals surface area contributed by atoms with Gasteiger partial charge < -0.3 is 10.1 Å². The molecule has 37 heavy (non-hydrogen) atoms. The van der Waals surface area contributed by atoms with Crippen LogP contribution >= 0.6 is 27.3 Å². The average Bonchev–Trinajstić information content (AvgIpc) is 3.43. The fourth-order valence-electron chi connectivity index (χ4n) is 3.06. The number of carbonyl (C=O) groups excluding carboxylic acids is 3. The highest BCUT2D eigenvalue weighted by molar-refractivity contribution is 9.10. The van der Waals surface area contributed by atoms with Gasteiger partial charge in [-0.1, -0.05) is 40.2 Å². The van der Waals surface area contributed by atoms with Crippen LogP contribution < -0.4 is 15.5 Å². The van der Waals surface area contributed by atoms with Gasteiger partial charge in [0.1, 0.15) is 11.4 Å². The lowest BCUT2D eigenvalue weighted by atomic mass is 10.2. The van der Waals surface area contributed by atoms with E-state index in [9.17, 15) is 14.4 Å². The van der Waals surface area contributed by atoms with Crippen molar-refractivity contribution < 1.29 is 19.1 Å². The molecule has 1 aromatic heterocycles. The second-order valence-corrected chi connectivity index (χ2v) is 9.45. The predicted molar refractivity (Wildman–Crippen MR) is 147 cm³/mol. The maximum Gasteiger partial charge on any atom is 0.343 e. The van der Waals surface area contributed by atoms with Crippen LogP contribution in [0.5, 0.6) is 5.75 Å². The highest BCUT2D eigenvalue weighted by Gasteiger charge is 2.14. The minimum absolute atomic E-state index is 0.0589. The van der Waals surface area contributed by atoms with Crippen molar-refractivity contribution in [2.45, 2.75) is 0 Å². The molecule has 184 valence electrons. The van der Waals surface area contributed by atoms with Crippen molar-refractivity contribution >= 4 is 57.3 Å². The first-order valence-electron chi connectivity index (χ1n) is 11.0. The molecule has 0 saturated carbocycles. The summed E-state index contributed by atoms with van der Waals surface area (Å²) in [6.45, 7) is 0. The van der Waals surface area contributed by atoms with Gasteiger partial charge in [-0.3, -0.25) is 9.59 Å². The number of ether oxygens (including phenoxy) is 1. The van der Waals surface area contributed by atoms with Crippen molar-refractivity contribution in [1.82, 2.24) is 10.7 Å². The van der Waals surface area contributed by atoms with Crippen LogP contribution in [0.15, 0.2) is 112 Å². The Labute approximate surface area is 225 Å². The van der Waals surface area contributed by atoms with E-state index < -0.39 is 17.8 Å². The van der Waals surface area contributed by atoms with Gasteiger partial charge in [0.25, 0.3) is 11.8 Å². The first kappa shape index (κ1) is 25.7. The van der Waals surface area contributed by atoms with Gasteiger partial charge in [0.15, 0.2) is 0 Å². The topological polar surface area (TPSA) is 96.9 Å². The van der Waals surface area contributed by atoms with Gasteiger partial charge in [0, 0.05) is 14.9 Å². The van der Waals surface area contributed by atoms with Gasteiger partial charge in [-0.05, 0) is 83.7 Å². The fourth-order valence-corrected chi connectivity index (χ4v) is 3.98. The minimum Gasteiger partial charge on any atom is -0.423 e. The maximum absolute atomic E-state index is 12.8. The summed E-state index contributed by atoms with van der Waals surface area (Å²) in [6.07, 6.45) is 3.03. The highest BCUT2D eigenvalue weighted by Crippen LogP contribution is 2.16. The van der Waals surface area contributed by atoms with E-state index in [0.29, 0.717) is 22.4 Å². The molecule has 4 rings (SSSR count). The van der Waals surface area contributed by atoms with Gasteiger partial charge in [0.05, 0.1) is 11.8 Å². The Morgan fingerprint density at radius 1 is 0.838 bits per heavy atom. The molecule has 1 heterocycles. The summed E-state index contributed by atoms with van der Waals surface area (Å²) in [6, 6.07) is 25.8. The van der Waals surface area contributed by atoms with E-state index >= 15 is 0 Å². The molecule has 0 saturated heterocycles. The Morgan fingerprint density at radius 2 is 1.57 bits per heavy atom. The maximum atomic E-state index is 12.8. The van der Waals surface area contributed by atoms with Crippen LogP contribution in [-0.2, 0) is 4.79 Å². The second kappa shape index (κ2) is 12.6. The van der Waals surface area contributed by atoms with E-state index in [0.717, 1.165) is 9.35 Å². The largest absolute Gasteiger partial charge is 0.423 e. The molecule has 0 aliphatic carbocycles. The van der Waals surface area contributed by atoms with Crippen molar-refractivity contribution in [3.8, 4) is 5.75 Å². The monoisotopic (exact) mass is 573 g/mol. The van der Waals surface area contributed by atoms with Gasteiger partial charge in [-0.25, -0.2) is 10.2 Å². The Balaban J connectivity index is 1.38. The predicted octanol–water partition coefficient (Wildman–Crippen LogP) is 5.65. The van der Waals surface area contributed by atoms with E-state index in [-0.39, 0.29) is 5.70 Å². The third kappa shape index (κ3) is 7.57. The summed E-state index contributed by atoms with van der Waals surface area (Å²) in [5, 5.41) is 8.52. The van der Waals surface area contributed by atoms with Crippen molar-refractivity contribution in [2.75, 3.05) is 0 Å². The van der Waals surface area contributed by atoms with E-state index in [1.54, 1.807) is 84.9 Å². The number of benzene rings is 3. The summed E-state index contributed by atoms with van der Waals surface area (Å²) in [7, 11) is 0. The summed E-state index contributed by atoms with van der Waals surface area (Å²) in [5.41, 5.74) is 4.02. The van der Waals surface area contributed by atoms with E-state index in [1.807, 2.05) is 17.5 Å². The first-order chi connectivity index (χ1) is 18.0. The number of amides is 2. The van der Waals surface area contributed by atoms with Crippen molar-refractivity contribution in [1.29, 1.82) is 0 Å². The van der Waals surface area contributed by atoms with Crippen LogP contribution in [0.1, 0.15) is 31.2 Å². The molecule has 0 radical (unpaired) electrons. The number of nitrogens with one attached hydrogen (secondary N) is 2. The molecule has 0 spiro atoms. The lowest BCUT2D eigenvalue weighted by molar-refractivity contribution is -0.117. The number of thiophene rings is 1. The Bertz CT molecular complexity index is 1430. The molecule has 0 bridgehead atoms. The molecule has 0 aliphatic heterocycles. The summed E-state index contributed by atoms with van der Waals surface area (Å²) >= 11 is 4.76. The summed E-state index contributed by atoms with van der Waals surface area (Å²) < 4.78 is 6.25. The molecular formula is C28H20BrN3O4S. The third-order valence-corrected chi connectivity index (χ3v) is 6.26. The molecule has 0 unspecified atom stereocenters. The molecule has 2 N–H and O–H groups in total. The molecule has 0 atom stereocenters. The standard InChI is InChI=1S/C28H20BrN3O4S/c29-22-12-10-21(11-13-22)28(35)36-23-14-8-19(9-15-23)18-30-32-27(34)25(17-24-7-4-16-37-24)31-26(33)20-5-2-1-3-6-20/h1-18H,(H,31,33)(H,32,34)/b25-17-,30-18+. The highest BCUT2D eigenvalue weighted by atomic mass is 79.9. The SMILES string of the molecule is O=C(N/N=C/c1ccc(OC(=O)c2ccc(Br)cc2)cc1)/C(=C/c1cccs1)NC(=O)c1ccccc1. The van der Waals surface area contributed by atoms with E-state index in [4.69, 9.17) is 4.74 Å². The molecule has 3 aromatic carbocycles. The fraction of sp³-hybridized carbons (Fsp3) is 0. The molecule has 2 amide bonds. The quantitative estimate of drug-likeness (QED) is 0.0935. The van der Waals surface area contributed by atoms with E-state index in [1.165, 1.54) is 17.6 Å². The molecule has 9 heteroatoms. The number of hydrogen-bond acceptors (Lipinski definition) is 6. The molecule has 4 aromatic rings. The summed E-state index contributed by atoms with van der Waals surface area (Å²) in [5.74, 6) is -1.08. The Morgan fingerprint density at radius 3 is 2.24 bits per heavy atom. The molecule has 0 aliphatic rings. The van der Waals surface area contributed by atoms with Crippen molar-refractivity contribution in [2.24, 2.45) is 5.10 Å². The number of carbonyl (C=O) groups is 3. The number of hydrogen-bond donors (Lipinski definition) is 2. The molecular weight excluding hydrogens is 554 g/mol. The first-order valence-corrected chi connectivity index (χ1v) is 12.7. The van der Waals surface area contributed by atoms with Crippen molar-refractivity contribution in [3.63, 3.8) is 0 Å². The minimum atomic E-state index is -0.575. The second-order valence-electron chi connectivity index (χ2n) is 7.56. The average molecular weight is 574 g/mol. The lowest BCUT2D eigenvalue weighted by Gasteiger charge is -2.08. The Kier molecular flexibility index (Phi) is 8.75. The zero-order valence-corrected chi connectivity index (χ0v) is 21.7. The van der Waals surface area contributed by atoms with E-state index in [2.05, 4.69) is 31.8 Å². The van der Waals surface area contributed by atoms with Crippen LogP contribution in [-0.4, -0.2) is 24.0 Å². The van der Waals surface area contributed by atoms with Gasteiger partial charge in [-0.15, -0.1) is 11.3 Å². The molecule has 7 nitrogen and oxygen atoms in total. The lowest BCUT2D eigenvalue weighted by Crippen LogP contribution is -2.32. The Hall–Kier alpha value is -4.34.